The van der Waals surface area contributed by atoms with Crippen molar-refractivity contribution in [3.8, 4) is 5.75 Å². The standard InChI is InChI=1S/C13H11Br2NOS/c1-17-12-4-2-9(6-11(12)15)8-18-13-5-3-10(14)7-16-13/h2-7H,8H2,1H3. The molecule has 0 aliphatic carbocycles. The Morgan fingerprint density at radius 1 is 1.22 bits per heavy atom. The van der Waals surface area contributed by atoms with Crippen molar-refractivity contribution in [2.75, 3.05) is 7.11 Å². The highest BCUT2D eigenvalue weighted by atomic mass is 79.9. The van der Waals surface area contributed by atoms with Crippen molar-refractivity contribution in [2.24, 2.45) is 0 Å². The highest BCUT2D eigenvalue weighted by Crippen LogP contribution is 2.28. The normalized spacial score (nSPS) is 10.4. The molecule has 0 aliphatic rings. The van der Waals surface area contributed by atoms with Crippen LogP contribution < -0.4 is 4.74 Å². The predicted molar refractivity (Wildman–Crippen MR) is 82.2 cm³/mol. The van der Waals surface area contributed by atoms with Gasteiger partial charge in [-0.3, -0.25) is 0 Å². The van der Waals surface area contributed by atoms with Crippen molar-refractivity contribution in [2.45, 2.75) is 10.8 Å². The van der Waals surface area contributed by atoms with E-state index in [2.05, 4.69) is 49.0 Å². The van der Waals surface area contributed by atoms with Gasteiger partial charge < -0.3 is 4.74 Å². The van der Waals surface area contributed by atoms with Gasteiger partial charge in [0.05, 0.1) is 16.6 Å². The number of hydrogen-bond acceptors (Lipinski definition) is 3. The molecule has 2 rings (SSSR count). The van der Waals surface area contributed by atoms with Crippen molar-refractivity contribution in [3.05, 3.63) is 51.0 Å². The van der Waals surface area contributed by atoms with Crippen LogP contribution in [-0.2, 0) is 5.75 Å². The predicted octanol–water partition coefficient (Wildman–Crippen LogP) is 4.91. The Bertz CT molecular complexity index is 531. The Morgan fingerprint density at radius 2 is 2.06 bits per heavy atom. The summed E-state index contributed by atoms with van der Waals surface area (Å²) in [5.41, 5.74) is 1.23. The van der Waals surface area contributed by atoms with Crippen LogP contribution in [0.15, 0.2) is 50.5 Å². The molecule has 0 fully saturated rings. The van der Waals surface area contributed by atoms with Crippen LogP contribution in [0.4, 0.5) is 0 Å². The molecule has 0 saturated heterocycles. The first-order valence-corrected chi connectivity index (χ1v) is 7.83. The average molecular weight is 389 g/mol. The maximum absolute atomic E-state index is 5.20. The molecule has 0 unspecified atom stereocenters. The fourth-order valence-corrected chi connectivity index (χ4v) is 3.01. The quantitative estimate of drug-likeness (QED) is 0.695. The molecular weight excluding hydrogens is 378 g/mol. The Morgan fingerprint density at radius 3 is 2.67 bits per heavy atom. The molecular formula is C13H11Br2NOS. The van der Waals surface area contributed by atoms with E-state index >= 15 is 0 Å². The minimum atomic E-state index is 0.852. The number of aromatic nitrogens is 1. The van der Waals surface area contributed by atoms with Gasteiger partial charge in [0.15, 0.2) is 0 Å². The summed E-state index contributed by atoms with van der Waals surface area (Å²) in [4.78, 5) is 4.33. The number of thioether (sulfide) groups is 1. The van der Waals surface area contributed by atoms with Crippen LogP contribution in [-0.4, -0.2) is 12.1 Å². The number of methoxy groups -OCH3 is 1. The van der Waals surface area contributed by atoms with E-state index in [1.54, 1.807) is 18.9 Å². The zero-order chi connectivity index (χ0) is 13.0. The van der Waals surface area contributed by atoms with E-state index in [9.17, 15) is 0 Å². The lowest BCUT2D eigenvalue weighted by Crippen LogP contribution is -1.87. The fourth-order valence-electron chi connectivity index (χ4n) is 1.40. The summed E-state index contributed by atoms with van der Waals surface area (Å²) in [6.07, 6.45) is 1.81. The third-order valence-corrected chi connectivity index (χ3v) is 4.41. The van der Waals surface area contributed by atoms with Gasteiger partial charge in [-0.2, -0.15) is 0 Å². The molecule has 0 N–H and O–H groups in total. The monoisotopic (exact) mass is 387 g/mol. The van der Waals surface area contributed by atoms with Gasteiger partial charge in [0.1, 0.15) is 5.75 Å². The third-order valence-electron chi connectivity index (χ3n) is 2.30. The zero-order valence-corrected chi connectivity index (χ0v) is 13.7. The molecule has 0 saturated carbocycles. The summed E-state index contributed by atoms with van der Waals surface area (Å²) in [5, 5.41) is 1.02. The molecule has 0 aliphatic heterocycles. The van der Waals surface area contributed by atoms with E-state index in [4.69, 9.17) is 4.74 Å². The highest BCUT2D eigenvalue weighted by Gasteiger charge is 2.02. The zero-order valence-electron chi connectivity index (χ0n) is 9.69. The molecule has 0 bridgehead atoms. The fraction of sp³-hybridized carbons (Fsp3) is 0.154. The topological polar surface area (TPSA) is 22.1 Å². The van der Waals surface area contributed by atoms with Gasteiger partial charge in [-0.1, -0.05) is 6.07 Å². The molecule has 1 aromatic carbocycles. The van der Waals surface area contributed by atoms with E-state index in [0.29, 0.717) is 0 Å². The van der Waals surface area contributed by atoms with Gasteiger partial charge in [0, 0.05) is 16.4 Å². The van der Waals surface area contributed by atoms with Crippen LogP contribution in [0.1, 0.15) is 5.56 Å². The molecule has 0 radical (unpaired) electrons. The molecule has 5 heteroatoms. The van der Waals surface area contributed by atoms with Gasteiger partial charge >= 0.3 is 0 Å². The van der Waals surface area contributed by atoms with Gasteiger partial charge in [-0.25, -0.2) is 4.98 Å². The summed E-state index contributed by atoms with van der Waals surface area (Å²) in [5.74, 6) is 1.74. The van der Waals surface area contributed by atoms with Crippen LogP contribution in [0.3, 0.4) is 0 Å². The molecule has 0 amide bonds. The Balaban J connectivity index is 2.02. The summed E-state index contributed by atoms with van der Waals surface area (Å²) in [7, 11) is 1.67. The third kappa shape index (κ3) is 3.73. The van der Waals surface area contributed by atoms with Crippen molar-refractivity contribution in [3.63, 3.8) is 0 Å². The summed E-state index contributed by atoms with van der Waals surface area (Å²) in [6.45, 7) is 0. The second kappa shape index (κ2) is 6.59. The maximum atomic E-state index is 5.20. The van der Waals surface area contributed by atoms with Crippen LogP contribution in [0.2, 0.25) is 0 Å². The van der Waals surface area contributed by atoms with E-state index in [-0.39, 0.29) is 0 Å². The highest BCUT2D eigenvalue weighted by molar-refractivity contribution is 9.10. The van der Waals surface area contributed by atoms with Crippen LogP contribution in [0, 0.1) is 0 Å². The number of rotatable bonds is 4. The van der Waals surface area contributed by atoms with E-state index in [0.717, 1.165) is 25.5 Å². The smallest absolute Gasteiger partial charge is 0.133 e. The number of hydrogen-bond donors (Lipinski definition) is 0. The number of nitrogens with zero attached hydrogens (tertiary/aromatic N) is 1. The van der Waals surface area contributed by atoms with Gasteiger partial charge in [-0.05, 0) is 61.7 Å². The summed E-state index contributed by atoms with van der Waals surface area (Å²) >= 11 is 8.57. The molecule has 1 aromatic heterocycles. The van der Waals surface area contributed by atoms with Crippen molar-refractivity contribution in [1.29, 1.82) is 0 Å². The maximum Gasteiger partial charge on any atom is 0.133 e. The van der Waals surface area contributed by atoms with Crippen molar-refractivity contribution in [1.82, 2.24) is 4.98 Å². The molecule has 18 heavy (non-hydrogen) atoms. The molecule has 94 valence electrons. The Kier molecular flexibility index (Phi) is 5.09. The lowest BCUT2D eigenvalue weighted by molar-refractivity contribution is 0.412. The number of benzene rings is 1. The second-order valence-electron chi connectivity index (χ2n) is 3.57. The van der Waals surface area contributed by atoms with Gasteiger partial charge in [-0.15, -0.1) is 11.8 Å². The minimum Gasteiger partial charge on any atom is -0.496 e. The number of halogens is 2. The largest absolute Gasteiger partial charge is 0.496 e. The van der Waals surface area contributed by atoms with Crippen LogP contribution in [0.5, 0.6) is 5.75 Å². The van der Waals surface area contributed by atoms with E-state index in [1.807, 2.05) is 24.4 Å². The molecule has 2 aromatic rings. The Labute approximate surface area is 127 Å². The first kappa shape index (κ1) is 13.9. The number of pyridine rings is 1. The van der Waals surface area contributed by atoms with E-state index in [1.165, 1.54) is 5.56 Å². The summed E-state index contributed by atoms with van der Waals surface area (Å²) in [6, 6.07) is 10.1. The van der Waals surface area contributed by atoms with Gasteiger partial charge in [0.25, 0.3) is 0 Å². The Hall–Kier alpha value is -0.520. The molecule has 0 atom stereocenters. The minimum absolute atomic E-state index is 0.852. The first-order chi connectivity index (χ1) is 8.69. The summed E-state index contributed by atoms with van der Waals surface area (Å²) < 4.78 is 7.18. The SMILES string of the molecule is COc1ccc(CSc2ccc(Br)cn2)cc1Br. The van der Waals surface area contributed by atoms with Crippen LogP contribution in [0.25, 0.3) is 0 Å². The lowest BCUT2D eigenvalue weighted by atomic mass is 10.2. The molecule has 2 nitrogen and oxygen atoms in total. The number of ether oxygens (including phenoxy) is 1. The second-order valence-corrected chi connectivity index (χ2v) is 6.34. The average Bonchev–Trinajstić information content (AvgIpc) is 2.38. The molecule has 1 heterocycles. The lowest BCUT2D eigenvalue weighted by Gasteiger charge is -2.06. The first-order valence-electron chi connectivity index (χ1n) is 5.26. The van der Waals surface area contributed by atoms with Crippen molar-refractivity contribution < 1.29 is 4.74 Å². The van der Waals surface area contributed by atoms with Gasteiger partial charge in [0.2, 0.25) is 0 Å². The molecule has 0 spiro atoms. The van der Waals surface area contributed by atoms with E-state index < -0.39 is 0 Å². The van der Waals surface area contributed by atoms with Crippen LogP contribution >= 0.6 is 43.6 Å². The van der Waals surface area contributed by atoms with Crippen molar-refractivity contribution >= 4 is 43.6 Å².